The topological polar surface area (TPSA) is 22.1 Å². The van der Waals surface area contributed by atoms with Gasteiger partial charge >= 0.3 is 0 Å². The zero-order valence-electron chi connectivity index (χ0n) is 22.9. The number of nitrogens with zero attached hydrogens (tertiary/aromatic N) is 1. The van der Waals surface area contributed by atoms with Crippen LogP contribution in [0.15, 0.2) is 164 Å². The molecule has 0 amide bonds. The second-order valence-corrected chi connectivity index (χ2v) is 10.7. The molecular formula is C40H27NO. The van der Waals surface area contributed by atoms with Crippen LogP contribution in [0.3, 0.4) is 0 Å². The highest BCUT2D eigenvalue weighted by Gasteiger charge is 2.45. The number of para-hydroxylation sites is 3. The molecular weight excluding hydrogens is 510 g/mol. The number of benzene rings is 6. The van der Waals surface area contributed by atoms with Crippen LogP contribution in [-0.4, -0.2) is 4.98 Å². The molecule has 0 spiro atoms. The number of rotatable bonds is 4. The van der Waals surface area contributed by atoms with E-state index in [1.54, 1.807) is 0 Å². The van der Waals surface area contributed by atoms with Gasteiger partial charge in [0.25, 0.3) is 0 Å². The zero-order chi connectivity index (χ0) is 27.9. The van der Waals surface area contributed by atoms with Crippen molar-refractivity contribution in [3.05, 3.63) is 186 Å². The van der Waals surface area contributed by atoms with Crippen LogP contribution in [0.5, 0.6) is 11.5 Å². The Kier molecular flexibility index (Phi) is 5.72. The Balaban J connectivity index is 1.24. The minimum Gasteiger partial charge on any atom is -0.457 e. The standard InChI is InChI=1S/C40H27NO/c1-2-12-32(13-3-1)40(35-15-4-6-17-37(35)42-38-18-7-5-16-36(38)40)33-25-23-29(24-26-33)28-19-21-30(22-20-28)34-14-8-10-31-11-9-27-41-39(31)34/h1-27H. The molecule has 0 aliphatic carbocycles. The number of hydrogen-bond donors (Lipinski definition) is 0. The molecule has 1 aliphatic heterocycles. The molecule has 0 atom stereocenters. The van der Waals surface area contributed by atoms with Gasteiger partial charge in [-0.05, 0) is 46.0 Å². The Bertz CT molecular complexity index is 1990. The van der Waals surface area contributed by atoms with Gasteiger partial charge in [-0.1, -0.05) is 140 Å². The van der Waals surface area contributed by atoms with E-state index in [4.69, 9.17) is 4.74 Å². The van der Waals surface area contributed by atoms with Gasteiger partial charge in [0.1, 0.15) is 11.5 Å². The molecule has 0 saturated heterocycles. The minimum absolute atomic E-state index is 0.504. The van der Waals surface area contributed by atoms with E-state index in [-0.39, 0.29) is 0 Å². The van der Waals surface area contributed by atoms with Crippen molar-refractivity contribution in [3.8, 4) is 33.8 Å². The van der Waals surface area contributed by atoms with Crippen LogP contribution in [-0.2, 0) is 5.41 Å². The first-order chi connectivity index (χ1) is 20.8. The molecule has 0 N–H and O–H groups in total. The molecule has 1 aromatic heterocycles. The molecule has 2 nitrogen and oxygen atoms in total. The van der Waals surface area contributed by atoms with E-state index < -0.39 is 5.41 Å². The molecule has 2 heterocycles. The van der Waals surface area contributed by atoms with Gasteiger partial charge in [0, 0.05) is 28.3 Å². The molecule has 6 aromatic carbocycles. The summed E-state index contributed by atoms with van der Waals surface area (Å²) in [5.41, 5.74) is 9.92. The Morgan fingerprint density at radius 2 is 0.976 bits per heavy atom. The largest absolute Gasteiger partial charge is 0.457 e. The van der Waals surface area contributed by atoms with Gasteiger partial charge in [0.15, 0.2) is 0 Å². The highest BCUT2D eigenvalue weighted by Crippen LogP contribution is 2.55. The second kappa shape index (κ2) is 9.87. The molecule has 42 heavy (non-hydrogen) atoms. The van der Waals surface area contributed by atoms with Crippen LogP contribution in [0.4, 0.5) is 0 Å². The van der Waals surface area contributed by atoms with Crippen LogP contribution in [0.25, 0.3) is 33.2 Å². The van der Waals surface area contributed by atoms with E-state index in [2.05, 4.69) is 145 Å². The monoisotopic (exact) mass is 537 g/mol. The molecule has 0 unspecified atom stereocenters. The third kappa shape index (κ3) is 3.77. The van der Waals surface area contributed by atoms with Crippen molar-refractivity contribution < 1.29 is 4.74 Å². The van der Waals surface area contributed by atoms with Gasteiger partial charge in [-0.2, -0.15) is 0 Å². The summed E-state index contributed by atoms with van der Waals surface area (Å²) in [4.78, 5) is 4.65. The second-order valence-electron chi connectivity index (χ2n) is 10.7. The van der Waals surface area contributed by atoms with Crippen LogP contribution < -0.4 is 4.74 Å². The maximum Gasteiger partial charge on any atom is 0.132 e. The van der Waals surface area contributed by atoms with Crippen molar-refractivity contribution in [2.75, 3.05) is 0 Å². The molecule has 2 heteroatoms. The van der Waals surface area contributed by atoms with Gasteiger partial charge in [-0.15, -0.1) is 0 Å². The Hall–Kier alpha value is -5.47. The summed E-state index contributed by atoms with van der Waals surface area (Å²) in [6.45, 7) is 0. The lowest BCUT2D eigenvalue weighted by Gasteiger charge is -2.41. The van der Waals surface area contributed by atoms with Gasteiger partial charge in [-0.3, -0.25) is 4.98 Å². The first-order valence-corrected chi connectivity index (χ1v) is 14.3. The summed E-state index contributed by atoms with van der Waals surface area (Å²) in [5.74, 6) is 1.78. The first kappa shape index (κ1) is 24.3. The lowest BCUT2D eigenvalue weighted by atomic mass is 9.63. The van der Waals surface area contributed by atoms with Crippen LogP contribution in [0.2, 0.25) is 0 Å². The molecule has 1 aliphatic rings. The van der Waals surface area contributed by atoms with E-state index in [0.29, 0.717) is 0 Å². The predicted octanol–water partition coefficient (Wildman–Crippen LogP) is 10.1. The highest BCUT2D eigenvalue weighted by molar-refractivity contribution is 5.93. The summed E-state index contributed by atoms with van der Waals surface area (Å²) in [6, 6.07) is 55.9. The molecule has 0 fully saturated rings. The molecule has 0 saturated carbocycles. The predicted molar refractivity (Wildman–Crippen MR) is 171 cm³/mol. The summed E-state index contributed by atoms with van der Waals surface area (Å²) < 4.78 is 6.44. The zero-order valence-corrected chi connectivity index (χ0v) is 22.9. The summed E-state index contributed by atoms with van der Waals surface area (Å²) >= 11 is 0. The molecule has 0 bridgehead atoms. The molecule has 8 rings (SSSR count). The van der Waals surface area contributed by atoms with Crippen molar-refractivity contribution in [2.24, 2.45) is 0 Å². The summed E-state index contributed by atoms with van der Waals surface area (Å²) in [6.07, 6.45) is 1.86. The number of hydrogen-bond acceptors (Lipinski definition) is 2. The number of pyridine rings is 1. The number of ether oxygens (including phenoxy) is 1. The van der Waals surface area contributed by atoms with Gasteiger partial charge in [-0.25, -0.2) is 0 Å². The fourth-order valence-electron chi connectivity index (χ4n) is 6.56. The van der Waals surface area contributed by atoms with Gasteiger partial charge in [0.2, 0.25) is 0 Å². The van der Waals surface area contributed by atoms with Crippen molar-refractivity contribution in [2.45, 2.75) is 5.41 Å². The Labute approximate surface area is 245 Å². The van der Waals surface area contributed by atoms with E-state index >= 15 is 0 Å². The number of aromatic nitrogens is 1. The van der Waals surface area contributed by atoms with Crippen molar-refractivity contribution >= 4 is 10.9 Å². The van der Waals surface area contributed by atoms with Crippen LogP contribution >= 0.6 is 0 Å². The molecule has 198 valence electrons. The maximum absolute atomic E-state index is 6.44. The van der Waals surface area contributed by atoms with Gasteiger partial charge < -0.3 is 4.74 Å². The Morgan fingerprint density at radius 1 is 0.429 bits per heavy atom. The fraction of sp³-hybridized carbons (Fsp3) is 0.0250. The fourth-order valence-corrected chi connectivity index (χ4v) is 6.56. The first-order valence-electron chi connectivity index (χ1n) is 14.3. The van der Waals surface area contributed by atoms with E-state index in [1.165, 1.54) is 22.3 Å². The average Bonchev–Trinajstić information content (AvgIpc) is 3.07. The Morgan fingerprint density at radius 3 is 1.67 bits per heavy atom. The average molecular weight is 538 g/mol. The van der Waals surface area contributed by atoms with E-state index in [1.807, 2.05) is 24.4 Å². The highest BCUT2D eigenvalue weighted by atomic mass is 16.5. The van der Waals surface area contributed by atoms with E-state index in [0.717, 1.165) is 44.7 Å². The lowest BCUT2D eigenvalue weighted by Crippen LogP contribution is -2.34. The summed E-state index contributed by atoms with van der Waals surface area (Å²) in [7, 11) is 0. The van der Waals surface area contributed by atoms with Crippen molar-refractivity contribution in [1.82, 2.24) is 4.98 Å². The van der Waals surface area contributed by atoms with Crippen LogP contribution in [0, 0.1) is 0 Å². The van der Waals surface area contributed by atoms with Gasteiger partial charge in [0.05, 0.1) is 10.9 Å². The smallest absolute Gasteiger partial charge is 0.132 e. The quantitative estimate of drug-likeness (QED) is 0.223. The minimum atomic E-state index is -0.504. The van der Waals surface area contributed by atoms with Crippen molar-refractivity contribution in [3.63, 3.8) is 0 Å². The van der Waals surface area contributed by atoms with Crippen LogP contribution in [0.1, 0.15) is 22.3 Å². The van der Waals surface area contributed by atoms with E-state index in [9.17, 15) is 0 Å². The van der Waals surface area contributed by atoms with Crippen molar-refractivity contribution in [1.29, 1.82) is 0 Å². The third-order valence-corrected chi connectivity index (χ3v) is 8.49. The molecule has 0 radical (unpaired) electrons. The SMILES string of the molecule is c1ccc(C2(c3ccc(-c4ccc(-c5cccc6cccnc56)cc4)cc3)c3ccccc3Oc3ccccc32)cc1. The molecule has 7 aromatic rings. The third-order valence-electron chi connectivity index (χ3n) is 8.49. The lowest BCUT2D eigenvalue weighted by molar-refractivity contribution is 0.434. The number of fused-ring (bicyclic) bond motifs is 3. The maximum atomic E-state index is 6.44. The normalized spacial score (nSPS) is 13.1. The summed E-state index contributed by atoms with van der Waals surface area (Å²) in [5, 5.41) is 1.15.